The van der Waals surface area contributed by atoms with Gasteiger partial charge < -0.3 is 49.6 Å². The molecule has 50 heavy (non-hydrogen) atoms. The van der Waals surface area contributed by atoms with Crippen LogP contribution < -0.4 is 58.8 Å². The van der Waals surface area contributed by atoms with E-state index in [4.69, 9.17) is 0 Å². The van der Waals surface area contributed by atoms with Crippen molar-refractivity contribution in [2.75, 3.05) is 0 Å². The van der Waals surface area contributed by atoms with Crippen LogP contribution in [0.1, 0.15) is 67.0 Å². The van der Waals surface area contributed by atoms with E-state index in [2.05, 4.69) is 142 Å². The number of aryl methyl sites for hydroxylation is 4. The number of halogens is 4. The molecule has 5 rings (SSSR count). The molecule has 0 spiro atoms. The predicted molar refractivity (Wildman–Crippen MR) is 190 cm³/mol. The molecule has 5 aromatic rings. The smallest absolute Gasteiger partial charge is 0.327 e. The van der Waals surface area contributed by atoms with Crippen molar-refractivity contribution in [3.63, 3.8) is 0 Å². The summed E-state index contributed by atoms with van der Waals surface area (Å²) in [6, 6.07) is 26.2. The average Bonchev–Trinajstić information content (AvgIpc) is 3.01. The van der Waals surface area contributed by atoms with Crippen LogP contribution in [0.5, 0.6) is 0 Å². The Morgan fingerprint density at radius 3 is 1.14 bits per heavy atom. The van der Waals surface area contributed by atoms with Gasteiger partial charge in [0.2, 0.25) is 0 Å². The summed E-state index contributed by atoms with van der Waals surface area (Å²) in [5.41, 5.74) is 14.9. The van der Waals surface area contributed by atoms with Gasteiger partial charge in [0.1, 0.15) is 23.8 Å². The Bertz CT molecular complexity index is 1730. The van der Waals surface area contributed by atoms with Crippen LogP contribution in [0.25, 0.3) is 22.3 Å². The number of aromatic nitrogens is 2. The molecule has 10 heteroatoms. The summed E-state index contributed by atoms with van der Waals surface area (Å²) in [6.07, 6.45) is 7.89. The summed E-state index contributed by atoms with van der Waals surface area (Å²) in [6.45, 7) is 19.8. The molecule has 0 aliphatic rings. The van der Waals surface area contributed by atoms with Gasteiger partial charge >= 0.3 is 11.6 Å². The van der Waals surface area contributed by atoms with Crippen LogP contribution in [0.2, 0.25) is 0 Å². The number of rotatable bonds is 7. The zero-order valence-corrected chi connectivity index (χ0v) is 35.9. The molecule has 274 valence electrons. The van der Waals surface area contributed by atoms with Gasteiger partial charge in [-0.05, 0) is 156 Å². The third kappa shape index (κ3) is 10.4. The van der Waals surface area contributed by atoms with E-state index >= 15 is 0 Å². The van der Waals surface area contributed by atoms with Crippen LogP contribution in [0.3, 0.4) is 0 Å². The van der Waals surface area contributed by atoms with E-state index in [0.717, 1.165) is 11.6 Å². The zero-order chi connectivity index (χ0) is 31.5. The second-order valence-corrected chi connectivity index (χ2v) is 11.9. The monoisotopic (exact) mass is 932 g/mol. The Balaban J connectivity index is 0. The third-order valence-electron chi connectivity index (χ3n) is 8.49. The van der Waals surface area contributed by atoms with Crippen molar-refractivity contribution >= 4 is 35.4 Å². The molecule has 0 saturated heterocycles. The zero-order valence-electron chi connectivity index (χ0n) is 29.7. The predicted octanol–water partition coefficient (Wildman–Crippen LogP) is -1.66. The Morgan fingerprint density at radius 1 is 0.540 bits per heavy atom. The van der Waals surface area contributed by atoms with Crippen molar-refractivity contribution in [2.45, 2.75) is 68.2 Å². The van der Waals surface area contributed by atoms with Crippen LogP contribution in [0.4, 0.5) is 23.0 Å². The Hall–Kier alpha value is -2.22. The normalized spacial score (nSPS) is 10.8. The van der Waals surface area contributed by atoms with Gasteiger partial charge in [0.15, 0.2) is 0 Å². The molecule has 0 bridgehead atoms. The van der Waals surface area contributed by atoms with Gasteiger partial charge in [-0.25, -0.2) is 9.15 Å². The van der Waals surface area contributed by atoms with Gasteiger partial charge in [-0.1, -0.05) is 38.1 Å². The van der Waals surface area contributed by atoms with Crippen molar-refractivity contribution < 1.29 is 90.5 Å². The topological polar surface area (TPSA) is 31.8 Å². The van der Waals surface area contributed by atoms with E-state index in [1.807, 2.05) is 36.7 Å². The standard InChI is InChI=1S/C40H44N4.4ClH.2Pd/c1-10-43(37-16-12-14-18-41-37)39-27(5)20-33(21-28(39)6)35-24-32(26(3)4)25-36(31(35)9)34-22-29(7)40(30(8)23-34)44(11-2)38-17-13-15-19-42-38;;;;;;/h10-26H,1-9H3;4*1H;;/q+2;;;;;;/p-4. The number of nitrogens with zero attached hydrogens (tertiary/aromatic N) is 4. The van der Waals surface area contributed by atoms with Crippen LogP contribution in [-0.2, 0) is 40.8 Å². The molecule has 0 aliphatic heterocycles. The Labute approximate surface area is 351 Å². The van der Waals surface area contributed by atoms with Crippen LogP contribution >= 0.6 is 0 Å². The number of pyridine rings is 2. The Morgan fingerprint density at radius 2 is 0.880 bits per heavy atom. The molecular formula is C40H44Cl4N4Pd2-2. The van der Waals surface area contributed by atoms with E-state index in [1.54, 1.807) is 0 Å². The van der Waals surface area contributed by atoms with Crippen molar-refractivity contribution in [1.82, 2.24) is 19.1 Å². The molecule has 0 saturated carbocycles. The number of benzene rings is 3. The largest absolute Gasteiger partial charge is 1.00 e. The maximum atomic E-state index is 4.62. The Kier molecular flexibility index (Phi) is 21.9. The van der Waals surface area contributed by atoms with Crippen LogP contribution in [0, 0.1) is 34.6 Å². The molecule has 3 aromatic carbocycles. The molecule has 0 amide bonds. The van der Waals surface area contributed by atoms with Crippen molar-refractivity contribution in [3.8, 4) is 22.3 Å². The van der Waals surface area contributed by atoms with E-state index in [1.165, 1.54) is 67.0 Å². The summed E-state index contributed by atoms with van der Waals surface area (Å²) < 4.78 is 4.37. The molecule has 0 aliphatic carbocycles. The van der Waals surface area contributed by atoms with Gasteiger partial charge in [0.05, 0.1) is 12.4 Å². The van der Waals surface area contributed by atoms with Gasteiger partial charge in [-0.15, -0.1) is 0 Å². The minimum atomic E-state index is 0. The van der Waals surface area contributed by atoms with Crippen molar-refractivity contribution in [1.29, 1.82) is 0 Å². The molecule has 4 nitrogen and oxygen atoms in total. The van der Waals surface area contributed by atoms with Crippen LogP contribution in [-0.4, -0.2) is 22.4 Å². The first-order chi connectivity index (χ1) is 21.1. The fraction of sp³-hybridized carbons (Fsp3) is 0.250. The van der Waals surface area contributed by atoms with E-state index < -0.39 is 0 Å². The van der Waals surface area contributed by atoms with Gasteiger partial charge in [0.25, 0.3) is 0 Å². The summed E-state index contributed by atoms with van der Waals surface area (Å²) in [5, 5.41) is 0. The second kappa shape index (κ2) is 22.0. The first kappa shape index (κ1) is 49.9. The molecule has 2 heterocycles. The van der Waals surface area contributed by atoms with Crippen molar-refractivity contribution in [2.24, 2.45) is 0 Å². The maximum absolute atomic E-state index is 4.62. The number of hydrogen-bond acceptors (Lipinski definition) is 2. The van der Waals surface area contributed by atoms with Crippen molar-refractivity contribution in [3.05, 3.63) is 119 Å². The molecule has 2 aromatic heterocycles. The molecular weight excluding hydrogens is 891 g/mol. The fourth-order valence-corrected chi connectivity index (χ4v) is 6.40. The average molecular weight is 935 g/mol. The molecule has 0 radical (unpaired) electrons. The minimum Gasteiger partial charge on any atom is -1.00 e. The molecule has 0 fully saturated rings. The van der Waals surface area contributed by atoms with E-state index in [-0.39, 0.29) is 90.5 Å². The van der Waals surface area contributed by atoms with Gasteiger partial charge in [-0.2, -0.15) is 0 Å². The van der Waals surface area contributed by atoms with Gasteiger partial charge in [-0.3, -0.25) is 0 Å². The molecule has 0 N–H and O–H groups in total. The molecule has 0 atom stereocenters. The first-order valence-corrected chi connectivity index (χ1v) is 15.5. The minimum absolute atomic E-state index is 0. The fourth-order valence-electron chi connectivity index (χ4n) is 6.40. The third-order valence-corrected chi connectivity index (χ3v) is 8.49. The van der Waals surface area contributed by atoms with E-state index in [9.17, 15) is 0 Å². The quantitative estimate of drug-likeness (QED) is 0.111. The summed E-state index contributed by atoms with van der Waals surface area (Å²) >= 11 is 0. The maximum Gasteiger partial charge on any atom is 0.327 e. The van der Waals surface area contributed by atoms with Crippen LogP contribution in [0.15, 0.2) is 85.2 Å². The summed E-state index contributed by atoms with van der Waals surface area (Å²) in [4.78, 5) is 9.24. The molecule has 0 unspecified atom stereocenters. The first-order valence-electron chi connectivity index (χ1n) is 15.5. The summed E-state index contributed by atoms with van der Waals surface area (Å²) in [5.74, 6) is 2.25. The van der Waals surface area contributed by atoms with E-state index in [0.29, 0.717) is 5.92 Å². The SMILES string of the molecule is CC=[N+](c1ccccn1)c1c(C)cc(-c2cc(C(C)C)cc(-c3cc(C)c([N+](=CC)c4ccccn4)c(C)c3)c2C)cc1C.[Cl-].[Cl-].[Cl-].[Cl-].[Pd].[Pd]. The van der Waals surface area contributed by atoms with Gasteiger partial charge in [0, 0.05) is 53.0 Å². The number of hydrogen-bond donors (Lipinski definition) is 0. The summed E-state index contributed by atoms with van der Waals surface area (Å²) in [7, 11) is 0. The second-order valence-electron chi connectivity index (χ2n) is 11.9.